The van der Waals surface area contributed by atoms with Crippen LogP contribution in [0, 0.1) is 11.8 Å². The number of carbonyl (C=O) groups is 4. The molecular weight excluding hydrogens is 1210 g/mol. The fourth-order valence-electron chi connectivity index (χ4n) is 11.1. The molecule has 3 N–H and O–H groups in total. The molecule has 0 rings (SSSR count). The summed E-state index contributed by atoms with van der Waals surface area (Å²) in [7, 11) is -9.90. The van der Waals surface area contributed by atoms with Gasteiger partial charge in [-0.2, -0.15) is 0 Å². The number of rotatable bonds is 72. The van der Waals surface area contributed by atoms with Crippen molar-refractivity contribution in [2.24, 2.45) is 11.8 Å². The summed E-state index contributed by atoms with van der Waals surface area (Å²) in [5.41, 5.74) is 0. The van der Waals surface area contributed by atoms with E-state index in [1.54, 1.807) is 0 Å². The number of aliphatic hydroxyl groups is 1. The summed E-state index contributed by atoms with van der Waals surface area (Å²) in [6.07, 6.45) is 51.4. The summed E-state index contributed by atoms with van der Waals surface area (Å²) in [5.74, 6) is -0.576. The van der Waals surface area contributed by atoms with Crippen LogP contribution in [0.4, 0.5) is 0 Å². The Kier molecular flexibility index (Phi) is 63.7. The van der Waals surface area contributed by atoms with Crippen LogP contribution in [-0.2, 0) is 65.4 Å². The molecule has 0 aromatic rings. The average Bonchev–Trinajstić information content (AvgIpc) is 2.31. The van der Waals surface area contributed by atoms with E-state index < -0.39 is 97.5 Å². The number of aliphatic hydroxyl groups excluding tert-OH is 1. The van der Waals surface area contributed by atoms with Gasteiger partial charge in [-0.15, -0.1) is 0 Å². The zero-order valence-electron chi connectivity index (χ0n) is 59.9. The first-order valence-electron chi connectivity index (χ1n) is 38.0. The molecule has 0 spiro atoms. The Morgan fingerprint density at radius 2 is 0.500 bits per heavy atom. The molecule has 2 unspecified atom stereocenters. The third-order valence-corrected chi connectivity index (χ3v) is 18.9. The van der Waals surface area contributed by atoms with Crippen LogP contribution in [-0.4, -0.2) is 96.7 Å². The second-order valence-electron chi connectivity index (χ2n) is 27.3. The molecule has 0 saturated heterocycles. The van der Waals surface area contributed by atoms with Crippen molar-refractivity contribution in [3.63, 3.8) is 0 Å². The number of hydrogen-bond acceptors (Lipinski definition) is 15. The maximum Gasteiger partial charge on any atom is 0.472 e. The Morgan fingerprint density at radius 3 is 0.739 bits per heavy atom. The van der Waals surface area contributed by atoms with E-state index in [0.717, 1.165) is 115 Å². The van der Waals surface area contributed by atoms with E-state index in [-0.39, 0.29) is 25.7 Å². The molecule has 546 valence electrons. The Bertz CT molecular complexity index is 1790. The molecule has 0 aliphatic rings. The number of phosphoric acid groups is 2. The number of unbranched alkanes of at least 4 members (excludes halogenated alkanes) is 42. The summed E-state index contributed by atoms with van der Waals surface area (Å²) in [6.45, 7) is 9.55. The number of esters is 4. The molecule has 0 heterocycles. The minimum atomic E-state index is -4.95. The van der Waals surface area contributed by atoms with E-state index >= 15 is 0 Å². The molecule has 0 fully saturated rings. The molecule has 19 heteroatoms. The van der Waals surface area contributed by atoms with E-state index in [1.165, 1.54) is 180 Å². The lowest BCUT2D eigenvalue weighted by Crippen LogP contribution is -2.30. The second kappa shape index (κ2) is 65.0. The van der Waals surface area contributed by atoms with Crippen molar-refractivity contribution in [1.29, 1.82) is 0 Å². The Labute approximate surface area is 562 Å². The van der Waals surface area contributed by atoms with E-state index in [9.17, 15) is 43.2 Å². The third kappa shape index (κ3) is 66.7. The van der Waals surface area contributed by atoms with Gasteiger partial charge in [0.15, 0.2) is 12.2 Å². The summed E-state index contributed by atoms with van der Waals surface area (Å²) >= 11 is 0. The Hall–Kier alpha value is -1.94. The summed E-state index contributed by atoms with van der Waals surface area (Å²) < 4.78 is 68.3. The minimum absolute atomic E-state index is 0.106. The van der Waals surface area contributed by atoms with Crippen LogP contribution in [0.15, 0.2) is 0 Å². The zero-order chi connectivity index (χ0) is 67.9. The maximum absolute atomic E-state index is 13.1. The predicted molar refractivity (Wildman–Crippen MR) is 372 cm³/mol. The van der Waals surface area contributed by atoms with Crippen LogP contribution < -0.4 is 0 Å². The van der Waals surface area contributed by atoms with Gasteiger partial charge in [-0.25, -0.2) is 9.13 Å². The van der Waals surface area contributed by atoms with Crippen molar-refractivity contribution >= 4 is 39.5 Å². The van der Waals surface area contributed by atoms with Crippen LogP contribution >= 0.6 is 15.6 Å². The van der Waals surface area contributed by atoms with E-state index in [2.05, 4.69) is 41.5 Å². The molecule has 0 aromatic heterocycles. The quantitative estimate of drug-likeness (QED) is 0.0222. The lowest BCUT2D eigenvalue weighted by molar-refractivity contribution is -0.161. The molecule has 0 saturated carbocycles. The molecule has 5 atom stereocenters. The van der Waals surface area contributed by atoms with Crippen LogP contribution in [0.25, 0.3) is 0 Å². The molecule has 0 radical (unpaired) electrons. The molecule has 0 aliphatic heterocycles. The summed E-state index contributed by atoms with van der Waals surface area (Å²) in [5, 5.41) is 10.6. The van der Waals surface area contributed by atoms with Gasteiger partial charge in [-0.1, -0.05) is 324 Å². The Morgan fingerprint density at radius 1 is 0.293 bits per heavy atom. The van der Waals surface area contributed by atoms with Crippen molar-refractivity contribution in [1.82, 2.24) is 0 Å². The second-order valence-corrected chi connectivity index (χ2v) is 30.2. The fourth-order valence-corrected chi connectivity index (χ4v) is 12.7. The maximum atomic E-state index is 13.1. The van der Waals surface area contributed by atoms with Crippen LogP contribution in [0.5, 0.6) is 0 Å². The molecule has 0 bridgehead atoms. The van der Waals surface area contributed by atoms with E-state index in [0.29, 0.717) is 25.7 Å². The smallest absolute Gasteiger partial charge is 0.462 e. The number of phosphoric ester groups is 2. The molecule has 0 aliphatic carbocycles. The van der Waals surface area contributed by atoms with Crippen LogP contribution in [0.1, 0.15) is 375 Å². The van der Waals surface area contributed by atoms with Gasteiger partial charge >= 0.3 is 39.5 Å². The fraction of sp³-hybridized carbons (Fsp3) is 0.945. The zero-order valence-corrected chi connectivity index (χ0v) is 61.6. The monoisotopic (exact) mass is 1350 g/mol. The predicted octanol–water partition coefficient (Wildman–Crippen LogP) is 21.2. The van der Waals surface area contributed by atoms with Crippen molar-refractivity contribution in [3.8, 4) is 0 Å². The van der Waals surface area contributed by atoms with Gasteiger partial charge in [-0.3, -0.25) is 37.3 Å². The molecule has 17 nitrogen and oxygen atoms in total. The highest BCUT2D eigenvalue weighted by molar-refractivity contribution is 7.47. The standard InChI is InChI=1S/C73H142O17P2/c1-7-9-11-13-15-16-17-18-19-23-26-32-38-44-50-56-71(76)84-62-69(90-72(77)57-51-45-39-33-27-24-21-20-22-25-30-36-41-47-53-65(3)4)64-88-92(81,82)86-60-67(74)59-85-91(79,80)87-63-68(61-83-70(75)55-49-43-35-14-12-10-8-2)89-73(78)58-52-46-40-34-29-28-31-37-42-48-54-66(5)6/h65-69,74H,7-64H2,1-6H3,(H,79,80)(H,81,82)/t67-,68+,69+/m0/s1. The highest BCUT2D eigenvalue weighted by atomic mass is 31.2. The van der Waals surface area contributed by atoms with Gasteiger partial charge in [-0.05, 0) is 37.5 Å². The van der Waals surface area contributed by atoms with Gasteiger partial charge in [0.2, 0.25) is 0 Å². The van der Waals surface area contributed by atoms with Gasteiger partial charge in [0.25, 0.3) is 0 Å². The first-order valence-corrected chi connectivity index (χ1v) is 41.0. The molecular formula is C73H142O17P2. The molecule has 0 amide bonds. The molecule has 92 heavy (non-hydrogen) atoms. The van der Waals surface area contributed by atoms with Gasteiger partial charge < -0.3 is 33.8 Å². The van der Waals surface area contributed by atoms with E-state index in [4.69, 9.17) is 37.0 Å². The number of carbonyl (C=O) groups excluding carboxylic acids is 4. The van der Waals surface area contributed by atoms with Crippen molar-refractivity contribution in [3.05, 3.63) is 0 Å². The average molecular weight is 1350 g/mol. The highest BCUT2D eigenvalue weighted by Gasteiger charge is 2.30. The molecule has 0 aromatic carbocycles. The van der Waals surface area contributed by atoms with E-state index in [1.807, 2.05) is 0 Å². The SMILES string of the molecule is CCCCCCCCCCCCCCCCCC(=O)OC[C@H](COP(=O)(O)OC[C@@H](O)COP(=O)(O)OC[C@@H](COC(=O)CCCCCCCCC)OC(=O)CCCCCCCCCCCCC(C)C)OC(=O)CCCCCCCCCCCCCCCCC(C)C. The third-order valence-electron chi connectivity index (χ3n) is 17.0. The van der Waals surface area contributed by atoms with Gasteiger partial charge in [0.1, 0.15) is 19.3 Å². The first-order chi connectivity index (χ1) is 44.4. The van der Waals surface area contributed by atoms with Crippen molar-refractivity contribution in [2.75, 3.05) is 39.6 Å². The van der Waals surface area contributed by atoms with Crippen molar-refractivity contribution < 1.29 is 80.2 Å². The summed E-state index contributed by atoms with van der Waals surface area (Å²) in [6, 6.07) is 0. The van der Waals surface area contributed by atoms with Crippen LogP contribution in [0.2, 0.25) is 0 Å². The topological polar surface area (TPSA) is 237 Å². The van der Waals surface area contributed by atoms with Gasteiger partial charge in [0, 0.05) is 25.7 Å². The minimum Gasteiger partial charge on any atom is -0.462 e. The largest absolute Gasteiger partial charge is 0.472 e. The summed E-state index contributed by atoms with van der Waals surface area (Å²) in [4.78, 5) is 72.6. The van der Waals surface area contributed by atoms with Crippen molar-refractivity contribution in [2.45, 2.75) is 394 Å². The normalized spacial score (nSPS) is 14.1. The lowest BCUT2D eigenvalue weighted by Gasteiger charge is -2.21. The van der Waals surface area contributed by atoms with Crippen LogP contribution in [0.3, 0.4) is 0 Å². The number of ether oxygens (including phenoxy) is 4. The number of hydrogen-bond donors (Lipinski definition) is 3. The Balaban J connectivity index is 5.20. The van der Waals surface area contributed by atoms with Gasteiger partial charge in [0.05, 0.1) is 26.4 Å². The lowest BCUT2D eigenvalue weighted by atomic mass is 10.0. The first kappa shape index (κ1) is 90.1. The highest BCUT2D eigenvalue weighted by Crippen LogP contribution is 2.45.